The molecule has 0 aromatic heterocycles. The topological polar surface area (TPSA) is 47.9 Å². The van der Waals surface area contributed by atoms with Crippen LogP contribution in [0.1, 0.15) is 23.7 Å². The Labute approximate surface area is 140 Å². The van der Waals surface area contributed by atoms with Crippen molar-refractivity contribution >= 4 is 21.5 Å². The van der Waals surface area contributed by atoms with Gasteiger partial charge in [-0.15, -0.1) is 0 Å². The zero-order chi connectivity index (χ0) is 16.8. The number of benzene rings is 3. The highest BCUT2D eigenvalue weighted by Gasteiger charge is 2.27. The van der Waals surface area contributed by atoms with Crippen LogP contribution in [0.3, 0.4) is 0 Å². The van der Waals surface area contributed by atoms with E-state index in [0.717, 1.165) is 40.1 Å². The molecule has 0 amide bonds. The van der Waals surface area contributed by atoms with Crippen molar-refractivity contribution in [1.29, 1.82) is 0 Å². The van der Waals surface area contributed by atoms with E-state index >= 15 is 0 Å². The average Bonchev–Trinajstić information content (AvgIpc) is 3.03. The number of hydrogen-bond donors (Lipinski definition) is 1. The molecule has 0 fully saturated rings. The van der Waals surface area contributed by atoms with Crippen LogP contribution in [-0.2, 0) is 11.2 Å². The number of phenolic OH excluding ortho intramolecular Hbond substituents is 1. The zero-order valence-corrected chi connectivity index (χ0v) is 14.1. The molecule has 0 radical (unpaired) electrons. The van der Waals surface area contributed by atoms with Crippen LogP contribution in [0.15, 0.2) is 30.3 Å². The third-order valence-electron chi connectivity index (χ3n) is 5.02. The minimum atomic E-state index is 0.135. The van der Waals surface area contributed by atoms with Crippen molar-refractivity contribution in [2.45, 2.75) is 18.9 Å². The van der Waals surface area contributed by atoms with E-state index in [9.17, 15) is 5.11 Å². The fraction of sp³-hybridized carbons (Fsp3) is 0.300. The Hall–Kier alpha value is -2.46. The van der Waals surface area contributed by atoms with Gasteiger partial charge < -0.3 is 19.3 Å². The van der Waals surface area contributed by atoms with Gasteiger partial charge in [-0.05, 0) is 52.9 Å². The van der Waals surface area contributed by atoms with Gasteiger partial charge in [-0.1, -0.05) is 12.1 Å². The first-order valence-electron chi connectivity index (χ1n) is 8.04. The lowest BCUT2D eigenvalue weighted by molar-refractivity contribution is 0.105. The van der Waals surface area contributed by atoms with Crippen molar-refractivity contribution in [3.05, 3.63) is 41.5 Å². The van der Waals surface area contributed by atoms with Gasteiger partial charge in [-0.3, -0.25) is 0 Å². The Morgan fingerprint density at radius 3 is 2.38 bits per heavy atom. The predicted molar refractivity (Wildman–Crippen MR) is 94.3 cm³/mol. The molecular weight excluding hydrogens is 304 g/mol. The molecule has 4 nitrogen and oxygen atoms in total. The Bertz CT molecular complexity index is 946. The van der Waals surface area contributed by atoms with E-state index in [2.05, 4.69) is 12.1 Å². The van der Waals surface area contributed by atoms with E-state index < -0.39 is 0 Å². The number of phenols is 1. The van der Waals surface area contributed by atoms with E-state index in [0.29, 0.717) is 5.75 Å². The maximum Gasteiger partial charge on any atom is 0.169 e. The number of methoxy groups -OCH3 is 3. The van der Waals surface area contributed by atoms with Gasteiger partial charge in [0.15, 0.2) is 11.5 Å². The standard InChI is InChI=1S/C20H20O4/c1-22-17-9-8-15-13(17)6-7-14-12-5-4-11(21)10-16(12)19(23-2)20(24-3)18(14)15/h4-7,10,17,21H,8-9H2,1-3H3. The van der Waals surface area contributed by atoms with E-state index in [4.69, 9.17) is 14.2 Å². The molecule has 1 N–H and O–H groups in total. The van der Waals surface area contributed by atoms with E-state index in [1.165, 1.54) is 11.1 Å². The summed E-state index contributed by atoms with van der Waals surface area (Å²) in [4.78, 5) is 0. The molecule has 0 bridgehead atoms. The van der Waals surface area contributed by atoms with Gasteiger partial charge in [0.05, 0.1) is 20.3 Å². The largest absolute Gasteiger partial charge is 0.508 e. The molecule has 24 heavy (non-hydrogen) atoms. The fourth-order valence-corrected chi connectivity index (χ4v) is 3.98. The van der Waals surface area contributed by atoms with Gasteiger partial charge in [0.2, 0.25) is 0 Å². The zero-order valence-electron chi connectivity index (χ0n) is 14.1. The molecule has 0 aliphatic heterocycles. The minimum absolute atomic E-state index is 0.135. The van der Waals surface area contributed by atoms with Crippen LogP contribution in [0.4, 0.5) is 0 Å². The van der Waals surface area contributed by atoms with Crippen molar-refractivity contribution < 1.29 is 19.3 Å². The van der Waals surface area contributed by atoms with Gasteiger partial charge in [-0.2, -0.15) is 0 Å². The summed E-state index contributed by atoms with van der Waals surface area (Å²) in [6.07, 6.45) is 2.06. The molecule has 0 saturated heterocycles. The van der Waals surface area contributed by atoms with Crippen molar-refractivity contribution in [1.82, 2.24) is 0 Å². The summed E-state index contributed by atoms with van der Waals surface area (Å²) in [5.74, 6) is 1.59. The summed E-state index contributed by atoms with van der Waals surface area (Å²) in [5.41, 5.74) is 2.49. The Balaban J connectivity index is 2.20. The summed E-state index contributed by atoms with van der Waals surface area (Å²) in [5, 5.41) is 14.0. The third-order valence-corrected chi connectivity index (χ3v) is 5.02. The fourth-order valence-electron chi connectivity index (χ4n) is 3.98. The molecule has 0 spiro atoms. The second-order valence-corrected chi connectivity index (χ2v) is 6.12. The normalized spacial score (nSPS) is 16.5. The maximum atomic E-state index is 9.89. The monoisotopic (exact) mass is 324 g/mol. The summed E-state index contributed by atoms with van der Waals surface area (Å²) < 4.78 is 17.0. The first-order chi connectivity index (χ1) is 11.7. The van der Waals surface area contributed by atoms with Crippen LogP contribution in [0.25, 0.3) is 21.5 Å². The third kappa shape index (κ3) is 1.96. The molecule has 1 aliphatic rings. The molecule has 1 unspecified atom stereocenters. The molecule has 0 heterocycles. The van der Waals surface area contributed by atoms with Gasteiger partial charge in [-0.25, -0.2) is 0 Å². The lowest BCUT2D eigenvalue weighted by atomic mass is 9.94. The first-order valence-corrected chi connectivity index (χ1v) is 8.04. The van der Waals surface area contributed by atoms with Crippen molar-refractivity contribution in [2.24, 2.45) is 0 Å². The van der Waals surface area contributed by atoms with Crippen LogP contribution in [0, 0.1) is 0 Å². The summed E-state index contributed by atoms with van der Waals surface area (Å²) in [6, 6.07) is 9.63. The highest BCUT2D eigenvalue weighted by atomic mass is 16.5. The van der Waals surface area contributed by atoms with Crippen molar-refractivity contribution in [2.75, 3.05) is 21.3 Å². The quantitative estimate of drug-likeness (QED) is 0.728. The highest BCUT2D eigenvalue weighted by Crippen LogP contribution is 2.49. The van der Waals surface area contributed by atoms with Gasteiger partial charge >= 0.3 is 0 Å². The van der Waals surface area contributed by atoms with Crippen LogP contribution in [0.2, 0.25) is 0 Å². The molecule has 0 saturated carbocycles. The number of rotatable bonds is 3. The summed E-state index contributed by atoms with van der Waals surface area (Å²) in [7, 11) is 5.05. The van der Waals surface area contributed by atoms with Crippen LogP contribution < -0.4 is 9.47 Å². The highest BCUT2D eigenvalue weighted by molar-refractivity contribution is 6.15. The molecule has 1 atom stereocenters. The molecule has 124 valence electrons. The van der Waals surface area contributed by atoms with E-state index in [1.54, 1.807) is 33.5 Å². The number of hydrogen-bond acceptors (Lipinski definition) is 4. The summed E-state index contributed by atoms with van der Waals surface area (Å²) in [6.45, 7) is 0. The Kier molecular flexibility index (Phi) is 3.50. The van der Waals surface area contributed by atoms with Crippen molar-refractivity contribution in [3.63, 3.8) is 0 Å². The van der Waals surface area contributed by atoms with Gasteiger partial charge in [0, 0.05) is 17.9 Å². The maximum absolute atomic E-state index is 9.89. The molecule has 3 aromatic rings. The Morgan fingerprint density at radius 2 is 1.67 bits per heavy atom. The molecule has 4 rings (SSSR count). The van der Waals surface area contributed by atoms with E-state index in [-0.39, 0.29) is 11.9 Å². The molecular formula is C20H20O4. The number of ether oxygens (including phenoxy) is 3. The minimum Gasteiger partial charge on any atom is -0.508 e. The van der Waals surface area contributed by atoms with Gasteiger partial charge in [0.1, 0.15) is 5.75 Å². The van der Waals surface area contributed by atoms with Crippen molar-refractivity contribution in [3.8, 4) is 17.2 Å². The smallest absolute Gasteiger partial charge is 0.169 e. The van der Waals surface area contributed by atoms with Crippen LogP contribution >= 0.6 is 0 Å². The lowest BCUT2D eigenvalue weighted by Gasteiger charge is -2.18. The average molecular weight is 324 g/mol. The molecule has 4 heteroatoms. The van der Waals surface area contributed by atoms with Crippen LogP contribution in [0.5, 0.6) is 17.2 Å². The number of aryl methyl sites for hydroxylation is 1. The SMILES string of the molecule is COc1c(OC)c2c3c(ccc2c2ccc(O)cc12)C(OC)CC3. The lowest BCUT2D eigenvalue weighted by Crippen LogP contribution is -1.98. The first kappa shape index (κ1) is 15.1. The number of fused-ring (bicyclic) bond motifs is 5. The second kappa shape index (κ2) is 5.56. The van der Waals surface area contributed by atoms with Crippen LogP contribution in [-0.4, -0.2) is 26.4 Å². The number of aromatic hydroxyl groups is 1. The van der Waals surface area contributed by atoms with E-state index in [1.807, 2.05) is 6.07 Å². The summed E-state index contributed by atoms with van der Waals surface area (Å²) >= 11 is 0. The van der Waals surface area contributed by atoms with Gasteiger partial charge in [0.25, 0.3) is 0 Å². The molecule has 3 aromatic carbocycles. The Morgan fingerprint density at radius 1 is 0.917 bits per heavy atom. The molecule has 1 aliphatic carbocycles. The predicted octanol–water partition coefficient (Wildman–Crippen LogP) is 4.35. The second-order valence-electron chi connectivity index (χ2n) is 6.12.